The third-order valence-corrected chi connectivity index (χ3v) is 12.0. The number of carbonyl (C=O) groups excluding carboxylic acids is 7. The lowest BCUT2D eigenvalue weighted by Crippen LogP contribution is -2.36. The summed E-state index contributed by atoms with van der Waals surface area (Å²) in [6.07, 6.45) is 1.45. The fraction of sp³-hybridized carbons (Fsp3) is 0.483. The molecule has 74 heavy (non-hydrogen) atoms. The van der Waals surface area contributed by atoms with Crippen molar-refractivity contribution in [3.8, 4) is 0 Å². The summed E-state index contributed by atoms with van der Waals surface area (Å²) in [5.41, 5.74) is 5.48. The first kappa shape index (κ1) is 65.9. The molecule has 1 aliphatic heterocycles. The van der Waals surface area contributed by atoms with Gasteiger partial charge < -0.3 is 4.90 Å². The Balaban J connectivity index is 0.000000482. The number of hydrogen-bond acceptors (Lipinski definition) is 9. The molecule has 0 radical (unpaired) electrons. The second kappa shape index (κ2) is 30.9. The van der Waals surface area contributed by atoms with Crippen LogP contribution in [0.25, 0.3) is 0 Å². The molecule has 0 saturated carbocycles. The molecule has 0 spiro atoms. The van der Waals surface area contributed by atoms with Gasteiger partial charge in [-0.05, 0) is 110 Å². The van der Waals surface area contributed by atoms with Crippen molar-refractivity contribution in [1.82, 2.24) is 4.90 Å². The van der Waals surface area contributed by atoms with Crippen LogP contribution in [0.15, 0.2) is 102 Å². The molecule has 0 atom stereocenters. The summed E-state index contributed by atoms with van der Waals surface area (Å²) in [5, 5.41) is 0. The lowest BCUT2D eigenvalue weighted by Gasteiger charge is -2.18. The minimum absolute atomic E-state index is 0.00750. The standard InChI is InChI=1S/C16H22O2.C15H20N2O2.C14H20O3S.C11H12FNO2.C4H10/c1-12-5-7-13(8-6-12)9-14(17)10-15(18)11-16(2,3)4;1-11(2)9-14(18)17-8-7-16(15(17)19)13-6-4-5-12(3)10-13;1-11-5-7-13(8-6-11)18(16,17)10-12(15)9-14(2,3)4;1-8(14)7-11(15)13(2)10-5-3-9(12)4-6-10;1-4(2)3/h5-8H,9-11H2,1-4H3;4-6,10-11H,7-9H2,1-3H3;5-8H,9-10H2,1-4H3;3-6H,7H2,1-2H3;4H,1-3H3. The number of amides is 4. The average molecular weight is 1040 g/mol. The summed E-state index contributed by atoms with van der Waals surface area (Å²) in [6, 6.07) is 27.6. The van der Waals surface area contributed by atoms with Gasteiger partial charge in [0.05, 0.1) is 17.7 Å². The quantitative estimate of drug-likeness (QED) is 0.105. The summed E-state index contributed by atoms with van der Waals surface area (Å²) < 4.78 is 36.6. The van der Waals surface area contributed by atoms with Crippen molar-refractivity contribution in [3.05, 3.63) is 125 Å². The molecule has 1 saturated heterocycles. The van der Waals surface area contributed by atoms with Gasteiger partial charge in [0.1, 0.15) is 34.7 Å². The van der Waals surface area contributed by atoms with Crippen molar-refractivity contribution in [2.24, 2.45) is 22.7 Å². The van der Waals surface area contributed by atoms with E-state index in [0.717, 1.165) is 28.3 Å². The van der Waals surface area contributed by atoms with Gasteiger partial charge in [-0.3, -0.25) is 38.6 Å². The Morgan fingerprint density at radius 3 is 1.64 bits per heavy atom. The molecular weight excluding hydrogens is 958 g/mol. The number of halogens is 1. The summed E-state index contributed by atoms with van der Waals surface area (Å²) in [6.45, 7) is 30.6. The topological polar surface area (TPSA) is 163 Å². The number of sulfone groups is 1. The zero-order chi connectivity index (χ0) is 56.7. The first-order valence-electron chi connectivity index (χ1n) is 25.2. The van der Waals surface area contributed by atoms with Gasteiger partial charge in [0.25, 0.3) is 0 Å². The number of urea groups is 1. The number of Topliss-reactive ketones (excluding diaryl/α,β-unsaturated/α-hetero) is 4. The molecule has 406 valence electrons. The van der Waals surface area contributed by atoms with E-state index in [0.29, 0.717) is 38.0 Å². The number of imide groups is 1. The highest BCUT2D eigenvalue weighted by atomic mass is 32.2. The Kier molecular flexibility index (Phi) is 27.5. The van der Waals surface area contributed by atoms with Crippen LogP contribution >= 0.6 is 0 Å². The van der Waals surface area contributed by atoms with E-state index in [1.54, 1.807) is 36.2 Å². The molecule has 4 aromatic rings. The van der Waals surface area contributed by atoms with Gasteiger partial charge in [0.15, 0.2) is 9.84 Å². The highest BCUT2D eigenvalue weighted by Crippen LogP contribution is 2.24. The number of anilines is 2. The van der Waals surface area contributed by atoms with Gasteiger partial charge in [-0.2, -0.15) is 0 Å². The Bertz CT molecular complexity index is 2570. The molecule has 1 aliphatic rings. The maximum Gasteiger partial charge on any atom is 0.331 e. The van der Waals surface area contributed by atoms with Crippen LogP contribution in [-0.4, -0.2) is 80.2 Å². The minimum atomic E-state index is -3.50. The summed E-state index contributed by atoms with van der Waals surface area (Å²) in [7, 11) is -1.94. The smallest absolute Gasteiger partial charge is 0.315 e. The van der Waals surface area contributed by atoms with Gasteiger partial charge in [-0.25, -0.2) is 17.6 Å². The van der Waals surface area contributed by atoms with Crippen LogP contribution in [0.1, 0.15) is 137 Å². The van der Waals surface area contributed by atoms with E-state index in [2.05, 4.69) is 20.8 Å². The summed E-state index contributed by atoms with van der Waals surface area (Å²) >= 11 is 0. The fourth-order valence-corrected chi connectivity index (χ4v) is 8.20. The van der Waals surface area contributed by atoms with Crippen molar-refractivity contribution in [1.29, 1.82) is 0 Å². The van der Waals surface area contributed by atoms with Crippen molar-refractivity contribution in [2.45, 2.75) is 147 Å². The number of hydrogen-bond donors (Lipinski definition) is 0. The second-order valence-corrected chi connectivity index (χ2v) is 24.4. The van der Waals surface area contributed by atoms with E-state index >= 15 is 0 Å². The third kappa shape index (κ3) is 27.8. The Morgan fingerprint density at radius 2 is 1.16 bits per heavy atom. The summed E-state index contributed by atoms with van der Waals surface area (Å²) in [4.78, 5) is 86.2. The first-order valence-corrected chi connectivity index (χ1v) is 26.8. The molecule has 12 nitrogen and oxygen atoms in total. The lowest BCUT2D eigenvalue weighted by atomic mass is 9.88. The zero-order valence-electron chi connectivity index (χ0n) is 47.1. The molecule has 0 aliphatic carbocycles. The maximum absolute atomic E-state index is 12.6. The summed E-state index contributed by atoms with van der Waals surface area (Å²) in [5.74, 6) is -0.402. The normalized spacial score (nSPS) is 12.2. The number of nitrogens with zero attached hydrogens (tertiary/aromatic N) is 3. The number of benzene rings is 4. The third-order valence-electron chi connectivity index (χ3n) is 10.3. The number of aryl methyl sites for hydroxylation is 3. The predicted molar refractivity (Wildman–Crippen MR) is 297 cm³/mol. The van der Waals surface area contributed by atoms with E-state index in [1.165, 1.54) is 46.6 Å². The van der Waals surface area contributed by atoms with Gasteiger partial charge in [-0.15, -0.1) is 0 Å². The van der Waals surface area contributed by atoms with Crippen molar-refractivity contribution >= 4 is 62.2 Å². The molecule has 5 rings (SSSR count). The second-order valence-electron chi connectivity index (χ2n) is 22.5. The van der Waals surface area contributed by atoms with Gasteiger partial charge in [-0.1, -0.05) is 136 Å². The van der Waals surface area contributed by atoms with E-state index in [4.69, 9.17) is 0 Å². The fourth-order valence-electron chi connectivity index (χ4n) is 6.96. The van der Waals surface area contributed by atoms with Crippen molar-refractivity contribution in [2.75, 3.05) is 35.7 Å². The van der Waals surface area contributed by atoms with Crippen LogP contribution in [0, 0.1) is 49.3 Å². The maximum atomic E-state index is 12.6. The Labute approximate surface area is 442 Å². The molecule has 0 unspecified atom stereocenters. The Hall–Kier alpha value is -6.15. The first-order chi connectivity index (χ1) is 34.1. The van der Waals surface area contributed by atoms with E-state index in [9.17, 15) is 46.4 Å². The average Bonchev–Trinajstić information content (AvgIpc) is 3.64. The number of carbonyl (C=O) groups is 7. The van der Waals surface area contributed by atoms with Crippen LogP contribution in [0.5, 0.6) is 0 Å². The van der Waals surface area contributed by atoms with E-state index in [1.807, 2.05) is 125 Å². The van der Waals surface area contributed by atoms with Crippen LogP contribution in [-0.2, 0) is 45.0 Å². The molecule has 14 heteroatoms. The lowest BCUT2D eigenvalue weighted by molar-refractivity contribution is -0.129. The molecule has 4 aromatic carbocycles. The minimum Gasteiger partial charge on any atom is -0.315 e. The molecule has 1 heterocycles. The number of ketones is 4. The highest BCUT2D eigenvalue weighted by Gasteiger charge is 2.34. The monoisotopic (exact) mass is 1040 g/mol. The highest BCUT2D eigenvalue weighted by molar-refractivity contribution is 7.92. The van der Waals surface area contributed by atoms with Crippen LogP contribution in [0.2, 0.25) is 0 Å². The number of rotatable bonds is 15. The predicted octanol–water partition coefficient (Wildman–Crippen LogP) is 12.5. The molecular formula is C60H84FN3O9S. The molecule has 4 amide bonds. The molecule has 0 bridgehead atoms. The van der Waals surface area contributed by atoms with E-state index in [-0.39, 0.29) is 87.7 Å². The van der Waals surface area contributed by atoms with Crippen molar-refractivity contribution < 1.29 is 46.4 Å². The van der Waals surface area contributed by atoms with Gasteiger partial charge >= 0.3 is 6.03 Å². The van der Waals surface area contributed by atoms with E-state index < -0.39 is 15.6 Å². The molecule has 0 N–H and O–H groups in total. The molecule has 1 fully saturated rings. The van der Waals surface area contributed by atoms with Gasteiger partial charge in [0.2, 0.25) is 11.8 Å². The van der Waals surface area contributed by atoms with Crippen LogP contribution in [0.3, 0.4) is 0 Å². The van der Waals surface area contributed by atoms with Crippen LogP contribution in [0.4, 0.5) is 20.6 Å². The Morgan fingerprint density at radius 1 is 0.662 bits per heavy atom. The zero-order valence-corrected chi connectivity index (χ0v) is 47.9. The SMILES string of the molecule is CC(=O)CC(=O)N(C)c1ccc(F)cc1.CC(C)C.Cc1ccc(CC(=O)CC(=O)CC(C)(C)C)cc1.Cc1ccc(S(=O)(=O)CC(=O)CC(C)(C)C)cc1.Cc1cccc(N2CCN(C(=O)CC(C)C)C2=O)c1. The largest absolute Gasteiger partial charge is 0.331 e. The van der Waals surface area contributed by atoms with Crippen molar-refractivity contribution in [3.63, 3.8) is 0 Å². The molecule has 0 aromatic heterocycles. The van der Waals surface area contributed by atoms with Crippen LogP contribution < -0.4 is 9.80 Å². The van der Waals surface area contributed by atoms with Gasteiger partial charge in [0, 0.05) is 57.2 Å².